The second kappa shape index (κ2) is 7.42. The van der Waals surface area contributed by atoms with Crippen molar-refractivity contribution in [2.24, 2.45) is 5.41 Å². The fraction of sp³-hybridized carbons (Fsp3) is 0.875. The van der Waals surface area contributed by atoms with Gasteiger partial charge in [-0.3, -0.25) is 9.59 Å². The first-order chi connectivity index (χ1) is 10.5. The average Bonchev–Trinajstić information content (AvgIpc) is 2.62. The highest BCUT2D eigenvalue weighted by molar-refractivity contribution is 5.84. The molecular formula is C16H29N3O3. The molecule has 0 aromatic carbocycles. The molecule has 0 radical (unpaired) electrons. The lowest BCUT2D eigenvalue weighted by molar-refractivity contribution is -0.138. The Morgan fingerprint density at radius 3 is 2.68 bits per heavy atom. The molecule has 2 amide bonds. The Bertz CT molecular complexity index is 402. The number of aliphatic hydroxyl groups is 1. The van der Waals surface area contributed by atoms with E-state index in [-0.39, 0.29) is 30.4 Å². The summed E-state index contributed by atoms with van der Waals surface area (Å²) >= 11 is 0. The number of nitrogens with one attached hydrogen (secondary N) is 1. The van der Waals surface area contributed by atoms with Gasteiger partial charge in [0.25, 0.3) is 0 Å². The summed E-state index contributed by atoms with van der Waals surface area (Å²) in [6, 6.07) is 0.299. The minimum Gasteiger partial charge on any atom is -0.396 e. The van der Waals surface area contributed by atoms with Crippen LogP contribution in [0.4, 0.5) is 0 Å². The van der Waals surface area contributed by atoms with Crippen molar-refractivity contribution in [1.29, 1.82) is 0 Å². The van der Waals surface area contributed by atoms with Crippen LogP contribution in [0.15, 0.2) is 0 Å². The molecule has 1 atom stereocenters. The van der Waals surface area contributed by atoms with Crippen LogP contribution in [0.25, 0.3) is 0 Å². The van der Waals surface area contributed by atoms with Crippen LogP contribution in [0.3, 0.4) is 0 Å². The first kappa shape index (κ1) is 17.2. The van der Waals surface area contributed by atoms with Gasteiger partial charge in [-0.1, -0.05) is 6.42 Å². The Balaban J connectivity index is 1.80. The summed E-state index contributed by atoms with van der Waals surface area (Å²) in [5.74, 6) is 0.0356. The number of amides is 2. The number of carbonyl (C=O) groups excluding carboxylic acids is 2. The highest BCUT2D eigenvalue weighted by Crippen LogP contribution is 2.39. The average molecular weight is 311 g/mol. The molecule has 6 heteroatoms. The Morgan fingerprint density at radius 1 is 1.41 bits per heavy atom. The molecule has 1 aliphatic carbocycles. The lowest BCUT2D eigenvalue weighted by atomic mass is 9.69. The van der Waals surface area contributed by atoms with Crippen LogP contribution < -0.4 is 5.32 Å². The third-order valence-electron chi connectivity index (χ3n) is 5.15. The lowest BCUT2D eigenvalue weighted by Gasteiger charge is -2.41. The first-order valence-electron chi connectivity index (χ1n) is 8.28. The number of hydrogen-bond donors (Lipinski definition) is 2. The van der Waals surface area contributed by atoms with E-state index in [1.54, 1.807) is 19.0 Å². The molecule has 1 aliphatic heterocycles. The summed E-state index contributed by atoms with van der Waals surface area (Å²) in [6.45, 7) is 1.88. The van der Waals surface area contributed by atoms with Crippen molar-refractivity contribution in [3.05, 3.63) is 0 Å². The molecule has 1 heterocycles. The Kier molecular flexibility index (Phi) is 5.81. The molecule has 1 saturated heterocycles. The van der Waals surface area contributed by atoms with Crippen LogP contribution in [0, 0.1) is 5.41 Å². The smallest absolute Gasteiger partial charge is 0.241 e. The third kappa shape index (κ3) is 4.20. The van der Waals surface area contributed by atoms with Crippen molar-refractivity contribution in [1.82, 2.24) is 15.1 Å². The van der Waals surface area contributed by atoms with E-state index < -0.39 is 0 Å². The monoisotopic (exact) mass is 311 g/mol. The fourth-order valence-corrected chi connectivity index (χ4v) is 3.14. The number of likely N-dealkylation sites (tertiary alicyclic amines) is 1. The highest BCUT2D eigenvalue weighted by Gasteiger charge is 2.36. The molecule has 126 valence electrons. The number of carbonyl (C=O) groups is 2. The highest BCUT2D eigenvalue weighted by atomic mass is 16.3. The summed E-state index contributed by atoms with van der Waals surface area (Å²) in [6.07, 6.45) is 5.55. The topological polar surface area (TPSA) is 72.9 Å². The van der Waals surface area contributed by atoms with Crippen molar-refractivity contribution < 1.29 is 14.7 Å². The van der Waals surface area contributed by atoms with Crippen molar-refractivity contribution >= 4 is 11.8 Å². The zero-order valence-corrected chi connectivity index (χ0v) is 13.8. The van der Waals surface area contributed by atoms with Crippen molar-refractivity contribution in [2.75, 3.05) is 40.3 Å². The minimum atomic E-state index is -0.0338. The number of rotatable bonds is 6. The number of nitrogens with zero attached hydrogens (tertiary/aromatic N) is 2. The molecular weight excluding hydrogens is 282 g/mol. The van der Waals surface area contributed by atoms with Gasteiger partial charge in [0.15, 0.2) is 0 Å². The van der Waals surface area contributed by atoms with Crippen LogP contribution in [-0.4, -0.2) is 73.1 Å². The van der Waals surface area contributed by atoms with E-state index in [1.165, 1.54) is 11.3 Å². The third-order valence-corrected chi connectivity index (χ3v) is 5.15. The van der Waals surface area contributed by atoms with Gasteiger partial charge in [0.1, 0.15) is 0 Å². The van der Waals surface area contributed by atoms with Gasteiger partial charge in [-0.25, -0.2) is 0 Å². The predicted molar refractivity (Wildman–Crippen MR) is 84.3 cm³/mol. The number of likely N-dealkylation sites (N-methyl/N-ethyl adjacent to an activating group) is 1. The molecule has 2 N–H and O–H groups in total. The second-order valence-electron chi connectivity index (χ2n) is 7.02. The zero-order valence-electron chi connectivity index (χ0n) is 13.8. The van der Waals surface area contributed by atoms with E-state index in [9.17, 15) is 14.7 Å². The van der Waals surface area contributed by atoms with E-state index in [2.05, 4.69) is 5.32 Å². The van der Waals surface area contributed by atoms with Gasteiger partial charge in [-0.15, -0.1) is 0 Å². The van der Waals surface area contributed by atoms with Gasteiger partial charge in [0, 0.05) is 51.7 Å². The normalized spacial score (nSPS) is 24.6. The minimum absolute atomic E-state index is 0.0338. The molecule has 2 rings (SSSR count). The molecule has 0 bridgehead atoms. The quantitative estimate of drug-likeness (QED) is 0.735. The Labute approximate surface area is 132 Å². The summed E-state index contributed by atoms with van der Waals surface area (Å²) in [5.41, 5.74) is 0.0664. The maximum Gasteiger partial charge on any atom is 0.241 e. The van der Waals surface area contributed by atoms with Gasteiger partial charge >= 0.3 is 0 Å². The Morgan fingerprint density at radius 2 is 2.14 bits per heavy atom. The summed E-state index contributed by atoms with van der Waals surface area (Å²) in [5, 5.41) is 13.1. The molecule has 2 aliphatic rings. The lowest BCUT2D eigenvalue weighted by Crippen LogP contribution is -2.46. The van der Waals surface area contributed by atoms with E-state index in [4.69, 9.17) is 0 Å². The van der Waals surface area contributed by atoms with Gasteiger partial charge in [-0.05, 0) is 25.7 Å². The van der Waals surface area contributed by atoms with Gasteiger partial charge in [0.2, 0.25) is 11.8 Å². The van der Waals surface area contributed by atoms with Crippen molar-refractivity contribution in [3.8, 4) is 0 Å². The molecule has 2 fully saturated rings. The van der Waals surface area contributed by atoms with Gasteiger partial charge in [-0.2, -0.15) is 0 Å². The van der Waals surface area contributed by atoms with Gasteiger partial charge < -0.3 is 20.2 Å². The fourth-order valence-electron chi connectivity index (χ4n) is 3.14. The molecule has 1 saturated carbocycles. The molecule has 0 aromatic rings. The maximum absolute atomic E-state index is 12.1. The summed E-state index contributed by atoms with van der Waals surface area (Å²) in [7, 11) is 3.42. The Hall–Kier alpha value is -1.14. The standard InChI is InChI=1S/C16H29N3O3/c1-18(2)15(22)10-19-9-6-13(4-5-14(19)21)17-11-16(12-20)7-3-8-16/h13,17,20H,3-12H2,1-2H3/t13-/m1/s1. The van der Waals surface area contributed by atoms with Crippen LogP contribution in [0.2, 0.25) is 0 Å². The first-order valence-corrected chi connectivity index (χ1v) is 8.28. The van der Waals surface area contributed by atoms with Crippen molar-refractivity contribution in [3.63, 3.8) is 0 Å². The number of aliphatic hydroxyl groups excluding tert-OH is 1. The summed E-state index contributed by atoms with van der Waals surface area (Å²) in [4.78, 5) is 27.1. The maximum atomic E-state index is 12.1. The van der Waals surface area contributed by atoms with Crippen LogP contribution in [-0.2, 0) is 9.59 Å². The van der Waals surface area contributed by atoms with Crippen LogP contribution in [0.5, 0.6) is 0 Å². The van der Waals surface area contributed by atoms with Crippen LogP contribution >= 0.6 is 0 Å². The predicted octanol–water partition coefficient (Wildman–Crippen LogP) is 0.208. The van der Waals surface area contributed by atoms with Crippen LogP contribution in [0.1, 0.15) is 38.5 Å². The van der Waals surface area contributed by atoms with E-state index in [1.807, 2.05) is 0 Å². The number of hydrogen-bond acceptors (Lipinski definition) is 4. The molecule has 0 spiro atoms. The molecule has 0 unspecified atom stereocenters. The molecule has 0 aromatic heterocycles. The van der Waals surface area contributed by atoms with E-state index in [0.29, 0.717) is 19.0 Å². The second-order valence-corrected chi connectivity index (χ2v) is 7.02. The van der Waals surface area contributed by atoms with E-state index >= 15 is 0 Å². The molecule has 6 nitrogen and oxygen atoms in total. The van der Waals surface area contributed by atoms with E-state index in [0.717, 1.165) is 32.2 Å². The SMILES string of the molecule is CN(C)C(=O)CN1CC[C@H](NCC2(CO)CCC2)CCC1=O. The van der Waals surface area contributed by atoms with Gasteiger partial charge in [0.05, 0.1) is 6.54 Å². The zero-order chi connectivity index (χ0) is 16.2. The largest absolute Gasteiger partial charge is 0.396 e. The summed E-state index contributed by atoms with van der Waals surface area (Å²) < 4.78 is 0. The van der Waals surface area contributed by atoms with Crippen molar-refractivity contribution in [2.45, 2.75) is 44.6 Å². The molecule has 22 heavy (non-hydrogen) atoms.